The van der Waals surface area contributed by atoms with Gasteiger partial charge < -0.3 is 4.74 Å². The van der Waals surface area contributed by atoms with Gasteiger partial charge in [0, 0.05) is 0 Å². The molecule has 0 N–H and O–H groups in total. The van der Waals surface area contributed by atoms with Gasteiger partial charge in [-0.15, -0.1) is 0 Å². The Morgan fingerprint density at radius 2 is 2.75 bits per heavy atom. The summed E-state index contributed by atoms with van der Waals surface area (Å²) < 4.78 is 9.53. The van der Waals surface area contributed by atoms with E-state index in [4.69, 9.17) is 4.74 Å². The third-order valence-electron chi connectivity index (χ3n) is 0.807. The summed E-state index contributed by atoms with van der Waals surface area (Å²) in [5, 5.41) is 0. The highest BCUT2D eigenvalue weighted by Crippen LogP contribution is 2.01. The van der Waals surface area contributed by atoms with Crippen LogP contribution >= 0.6 is 0 Å². The Labute approximate surface area is 47.8 Å². The van der Waals surface area contributed by atoms with E-state index in [1.807, 2.05) is 12.2 Å². The van der Waals surface area contributed by atoms with Crippen molar-refractivity contribution in [2.45, 2.75) is 0 Å². The first-order chi connectivity index (χ1) is 3.93. The molecule has 0 amide bonds. The Kier molecular flexibility index (Phi) is 1.50. The molecule has 8 heavy (non-hydrogen) atoms. The molecule has 0 saturated heterocycles. The standard InChI is InChI=1S/C6H7O2/c1-7-5-6-3-2-4-8-6/h2-3H,4H2,1H3/q+1. The Morgan fingerprint density at radius 1 is 1.88 bits per heavy atom. The second-order valence-electron chi connectivity index (χ2n) is 1.38. The largest absolute Gasteiger partial charge is 0.475 e. The molecule has 1 rings (SSSR count). The molecule has 0 bridgehead atoms. The van der Waals surface area contributed by atoms with Crippen molar-refractivity contribution in [1.82, 2.24) is 0 Å². The van der Waals surface area contributed by atoms with Crippen LogP contribution in [0.3, 0.4) is 0 Å². The summed E-state index contributed by atoms with van der Waals surface area (Å²) in [6.07, 6.45) is 3.73. The first-order valence-electron chi connectivity index (χ1n) is 2.39. The minimum atomic E-state index is 0.645. The Bertz CT molecular complexity index is 161. The van der Waals surface area contributed by atoms with Crippen molar-refractivity contribution in [1.29, 1.82) is 0 Å². The number of allylic oxidation sites excluding steroid dienone is 1. The molecule has 1 aliphatic rings. The van der Waals surface area contributed by atoms with Crippen LogP contribution in [0.25, 0.3) is 0 Å². The molecular formula is C6H7O2+. The summed E-state index contributed by atoms with van der Waals surface area (Å²) >= 11 is 0. The molecule has 0 aromatic carbocycles. The van der Waals surface area contributed by atoms with Crippen LogP contribution in [0, 0.1) is 0 Å². The van der Waals surface area contributed by atoms with E-state index in [-0.39, 0.29) is 0 Å². The fraction of sp³-hybridized carbons (Fsp3) is 0.333. The minimum Gasteiger partial charge on any atom is -0.475 e. The molecule has 1 heterocycles. The lowest BCUT2D eigenvalue weighted by Crippen LogP contribution is -1.80. The summed E-state index contributed by atoms with van der Waals surface area (Å²) in [5.74, 6) is 3.23. The zero-order chi connectivity index (χ0) is 5.82. The monoisotopic (exact) mass is 111 g/mol. The highest BCUT2D eigenvalue weighted by atomic mass is 16.5. The maximum atomic E-state index is 4.96. The lowest BCUT2D eigenvalue weighted by molar-refractivity contribution is 0.182. The number of rotatable bonds is 0. The first kappa shape index (κ1) is 5.13. The molecule has 0 aromatic heterocycles. The van der Waals surface area contributed by atoms with Gasteiger partial charge in [-0.3, -0.25) is 0 Å². The van der Waals surface area contributed by atoms with Gasteiger partial charge in [-0.05, 0) is 12.2 Å². The third kappa shape index (κ3) is 0.983. The summed E-state index contributed by atoms with van der Waals surface area (Å²) in [5.41, 5.74) is 0. The predicted molar refractivity (Wildman–Crippen MR) is 30.2 cm³/mol. The van der Waals surface area contributed by atoms with E-state index in [9.17, 15) is 0 Å². The lowest BCUT2D eigenvalue weighted by atomic mass is 10.5. The molecule has 42 valence electrons. The van der Waals surface area contributed by atoms with Crippen LogP contribution in [0.1, 0.15) is 0 Å². The second kappa shape index (κ2) is 2.34. The Morgan fingerprint density at radius 3 is 3.25 bits per heavy atom. The van der Waals surface area contributed by atoms with Gasteiger partial charge in [0.25, 0.3) is 12.9 Å². The van der Waals surface area contributed by atoms with Crippen LogP contribution < -0.4 is 0 Å². The van der Waals surface area contributed by atoms with Gasteiger partial charge in [-0.2, -0.15) is 0 Å². The Hall–Kier alpha value is -1.01. The fourth-order valence-electron chi connectivity index (χ4n) is 0.505. The topological polar surface area (TPSA) is 20.5 Å². The van der Waals surface area contributed by atoms with E-state index in [0.717, 1.165) is 0 Å². The average Bonchev–Trinajstić information content (AvgIpc) is 2.19. The summed E-state index contributed by atoms with van der Waals surface area (Å²) in [6, 6.07) is 0. The molecule has 0 atom stereocenters. The highest BCUT2D eigenvalue weighted by molar-refractivity contribution is 5.55. The molecule has 0 saturated carbocycles. The van der Waals surface area contributed by atoms with Crippen molar-refractivity contribution in [3.05, 3.63) is 17.9 Å². The van der Waals surface area contributed by atoms with E-state index >= 15 is 0 Å². The summed E-state index contributed by atoms with van der Waals surface area (Å²) in [6.45, 7) is 0.645. The van der Waals surface area contributed by atoms with E-state index in [2.05, 4.69) is 10.4 Å². The van der Waals surface area contributed by atoms with Crippen LogP contribution in [0.15, 0.2) is 17.9 Å². The predicted octanol–water partition coefficient (Wildman–Crippen LogP) is 0.454. The first-order valence-corrected chi connectivity index (χ1v) is 2.39. The van der Waals surface area contributed by atoms with Crippen molar-refractivity contribution >= 4 is 5.94 Å². The molecule has 1 aliphatic heterocycles. The minimum absolute atomic E-state index is 0.645. The van der Waals surface area contributed by atoms with E-state index in [1.54, 1.807) is 7.11 Å². The van der Waals surface area contributed by atoms with Gasteiger partial charge >= 0.3 is 5.94 Å². The van der Waals surface area contributed by atoms with E-state index < -0.39 is 0 Å². The molecule has 2 heteroatoms. The number of carbonyl (C=O) groups excluding carboxylic acids is 1. The van der Waals surface area contributed by atoms with Gasteiger partial charge in [-0.25, -0.2) is 4.42 Å². The SMILES string of the molecule is C[O+]=C=C1C=CCO1. The van der Waals surface area contributed by atoms with Crippen LogP contribution in [-0.2, 0) is 9.16 Å². The van der Waals surface area contributed by atoms with Crippen molar-refractivity contribution in [2.24, 2.45) is 0 Å². The van der Waals surface area contributed by atoms with Gasteiger partial charge in [0.05, 0.1) is 0 Å². The van der Waals surface area contributed by atoms with Crippen LogP contribution in [0.4, 0.5) is 0 Å². The highest BCUT2D eigenvalue weighted by Gasteiger charge is 2.01. The smallest absolute Gasteiger partial charge is 0.390 e. The molecule has 0 aromatic rings. The zero-order valence-corrected chi connectivity index (χ0v) is 4.68. The van der Waals surface area contributed by atoms with Crippen LogP contribution in [0.2, 0.25) is 0 Å². The van der Waals surface area contributed by atoms with Crippen molar-refractivity contribution < 1.29 is 9.16 Å². The van der Waals surface area contributed by atoms with Crippen molar-refractivity contribution in [3.8, 4) is 0 Å². The van der Waals surface area contributed by atoms with E-state index in [1.165, 1.54) is 0 Å². The van der Waals surface area contributed by atoms with Gasteiger partial charge in [-0.1, -0.05) is 0 Å². The zero-order valence-electron chi connectivity index (χ0n) is 4.68. The maximum absolute atomic E-state index is 4.96. The number of hydrogen-bond donors (Lipinski definition) is 0. The van der Waals surface area contributed by atoms with E-state index in [0.29, 0.717) is 12.4 Å². The Balaban J connectivity index is 2.73. The van der Waals surface area contributed by atoms with Gasteiger partial charge in [0.1, 0.15) is 6.61 Å². The quantitative estimate of drug-likeness (QED) is 0.328. The molecular weight excluding hydrogens is 104 g/mol. The molecule has 0 radical (unpaired) electrons. The second-order valence-corrected chi connectivity index (χ2v) is 1.38. The molecule has 0 aliphatic carbocycles. The summed E-state index contributed by atoms with van der Waals surface area (Å²) in [4.78, 5) is 0. The normalized spacial score (nSPS) is 15.4. The molecule has 2 nitrogen and oxygen atoms in total. The third-order valence-corrected chi connectivity index (χ3v) is 0.807. The molecule has 0 fully saturated rings. The number of hydrogen-bond acceptors (Lipinski definition) is 1. The van der Waals surface area contributed by atoms with Crippen molar-refractivity contribution in [3.63, 3.8) is 0 Å². The van der Waals surface area contributed by atoms with Gasteiger partial charge in [0.2, 0.25) is 0 Å². The lowest BCUT2D eigenvalue weighted by Gasteiger charge is -1.83. The maximum Gasteiger partial charge on any atom is 0.390 e. The van der Waals surface area contributed by atoms with Gasteiger partial charge in [0.15, 0.2) is 0 Å². The number of ether oxygens (including phenoxy) is 1. The van der Waals surface area contributed by atoms with Crippen molar-refractivity contribution in [2.75, 3.05) is 13.7 Å². The fourth-order valence-corrected chi connectivity index (χ4v) is 0.505. The van der Waals surface area contributed by atoms with Crippen LogP contribution in [-0.4, -0.2) is 19.7 Å². The molecule has 0 unspecified atom stereocenters. The molecule has 0 spiro atoms. The summed E-state index contributed by atoms with van der Waals surface area (Å²) in [7, 11) is 1.54. The van der Waals surface area contributed by atoms with Crippen LogP contribution in [0.5, 0.6) is 0 Å². The average molecular weight is 111 g/mol.